The first-order valence-electron chi connectivity index (χ1n) is 10.3. The molecular formula is C26H43N3. The molecular weight excluding hydrogens is 354 g/mol. The van der Waals surface area contributed by atoms with Crippen molar-refractivity contribution in [2.24, 2.45) is 10.8 Å². The lowest BCUT2D eigenvalue weighted by atomic mass is 9.79. The second-order valence-corrected chi connectivity index (χ2v) is 10.5. The maximum Gasteiger partial charge on any atom is 0.104 e. The van der Waals surface area contributed by atoms with E-state index < -0.39 is 0 Å². The summed E-state index contributed by atoms with van der Waals surface area (Å²) in [5.74, 6) is 7.25. The molecule has 0 spiro atoms. The maximum absolute atomic E-state index is 5.78. The lowest BCUT2D eigenvalue weighted by molar-refractivity contribution is 0.132. The van der Waals surface area contributed by atoms with Crippen LogP contribution in [0.2, 0.25) is 0 Å². The van der Waals surface area contributed by atoms with Gasteiger partial charge in [-0.3, -0.25) is 0 Å². The van der Waals surface area contributed by atoms with Crippen molar-refractivity contribution in [3.63, 3.8) is 0 Å². The molecule has 29 heavy (non-hydrogen) atoms. The molecule has 0 radical (unpaired) electrons. The van der Waals surface area contributed by atoms with E-state index in [0.29, 0.717) is 0 Å². The first-order valence-corrected chi connectivity index (χ1v) is 10.3. The predicted octanol–water partition coefficient (Wildman–Crippen LogP) is 5.99. The van der Waals surface area contributed by atoms with Gasteiger partial charge in [0.2, 0.25) is 0 Å². The Kier molecular flexibility index (Phi) is 8.75. The second kappa shape index (κ2) is 9.49. The topological polar surface area (TPSA) is 27.3 Å². The minimum Gasteiger partial charge on any atom is -0.367 e. The Labute approximate surface area is 181 Å². The van der Waals surface area contributed by atoms with E-state index in [0.717, 1.165) is 36.6 Å². The van der Waals surface area contributed by atoms with Crippen molar-refractivity contribution in [1.29, 1.82) is 0 Å². The normalized spacial score (nSPS) is 12.4. The van der Waals surface area contributed by atoms with Crippen LogP contribution in [0.15, 0.2) is 37.1 Å². The smallest absolute Gasteiger partial charge is 0.104 e. The zero-order chi connectivity index (χ0) is 23.3. The van der Waals surface area contributed by atoms with Crippen LogP contribution < -0.4 is 10.6 Å². The Balaban J connectivity index is 5.90. The fourth-order valence-electron chi connectivity index (χ4n) is 4.10. The third kappa shape index (κ3) is 8.74. The van der Waals surface area contributed by atoms with E-state index in [2.05, 4.69) is 109 Å². The van der Waals surface area contributed by atoms with E-state index in [4.69, 9.17) is 12.8 Å². The van der Waals surface area contributed by atoms with Crippen molar-refractivity contribution in [2.75, 3.05) is 0 Å². The number of hydrogen-bond acceptors (Lipinski definition) is 3. The molecule has 0 saturated heterocycles. The van der Waals surface area contributed by atoms with E-state index in [-0.39, 0.29) is 21.9 Å². The van der Waals surface area contributed by atoms with Gasteiger partial charge in [0.15, 0.2) is 0 Å². The van der Waals surface area contributed by atoms with Crippen molar-refractivity contribution in [1.82, 2.24) is 15.5 Å². The standard InChI is InChI=1S/C26H43N3/c1-15-20(4)27-21(5)29(26(13,14)19-24(9,10)17-3)22(6)28-25(11,12)18-23(7,8)16-2/h2-3,27-28H,4-6,15,18-19H2,1,7-14H3. The van der Waals surface area contributed by atoms with E-state index >= 15 is 0 Å². The lowest BCUT2D eigenvalue weighted by Gasteiger charge is -2.47. The van der Waals surface area contributed by atoms with Gasteiger partial charge in [0, 0.05) is 27.6 Å². The Morgan fingerprint density at radius 1 is 0.828 bits per heavy atom. The first-order chi connectivity index (χ1) is 12.9. The van der Waals surface area contributed by atoms with E-state index in [1.54, 1.807) is 0 Å². The van der Waals surface area contributed by atoms with E-state index in [9.17, 15) is 0 Å². The molecule has 0 aromatic heterocycles. The Morgan fingerprint density at radius 2 is 1.28 bits per heavy atom. The highest BCUT2D eigenvalue weighted by Crippen LogP contribution is 2.36. The molecule has 0 amide bonds. The number of terminal acetylenes is 2. The number of nitrogens with one attached hydrogen (secondary N) is 2. The minimum absolute atomic E-state index is 0.228. The fraction of sp³-hybridized carbons (Fsp3) is 0.615. The van der Waals surface area contributed by atoms with Crippen LogP contribution in [-0.2, 0) is 0 Å². The number of hydrogen-bond donors (Lipinski definition) is 2. The van der Waals surface area contributed by atoms with E-state index in [1.807, 2.05) is 0 Å². The summed E-state index contributed by atoms with van der Waals surface area (Å²) >= 11 is 0. The molecule has 2 N–H and O–H groups in total. The third-order valence-electron chi connectivity index (χ3n) is 4.92. The highest BCUT2D eigenvalue weighted by atomic mass is 15.4. The van der Waals surface area contributed by atoms with Gasteiger partial charge in [-0.1, -0.05) is 26.7 Å². The highest BCUT2D eigenvalue weighted by molar-refractivity contribution is 5.18. The maximum atomic E-state index is 5.78. The van der Waals surface area contributed by atoms with Gasteiger partial charge in [0.25, 0.3) is 0 Å². The van der Waals surface area contributed by atoms with Gasteiger partial charge in [0.05, 0.1) is 0 Å². The molecule has 3 nitrogen and oxygen atoms in total. The van der Waals surface area contributed by atoms with Crippen molar-refractivity contribution in [3.05, 3.63) is 37.1 Å². The molecule has 0 saturated carbocycles. The summed E-state index contributed by atoms with van der Waals surface area (Å²) in [5, 5.41) is 6.90. The second-order valence-electron chi connectivity index (χ2n) is 10.5. The molecule has 0 heterocycles. The van der Waals surface area contributed by atoms with Crippen LogP contribution in [0, 0.1) is 35.5 Å². The van der Waals surface area contributed by atoms with Crippen LogP contribution >= 0.6 is 0 Å². The van der Waals surface area contributed by atoms with Gasteiger partial charge in [-0.15, -0.1) is 24.7 Å². The van der Waals surface area contributed by atoms with Crippen molar-refractivity contribution < 1.29 is 0 Å². The summed E-state index contributed by atoms with van der Waals surface area (Å²) in [6.07, 6.45) is 13.9. The molecule has 3 heteroatoms. The summed E-state index contributed by atoms with van der Waals surface area (Å²) in [6, 6.07) is 0. The monoisotopic (exact) mass is 397 g/mol. The Bertz CT molecular complexity index is 705. The van der Waals surface area contributed by atoms with Crippen LogP contribution in [0.5, 0.6) is 0 Å². The van der Waals surface area contributed by atoms with Crippen LogP contribution in [0.1, 0.15) is 81.6 Å². The van der Waals surface area contributed by atoms with Crippen molar-refractivity contribution in [2.45, 2.75) is 92.7 Å². The number of rotatable bonds is 12. The zero-order valence-corrected chi connectivity index (χ0v) is 20.3. The SMILES string of the molecule is C#CC(C)(C)CC(C)(C)NC(=C)N(C(=C)NC(=C)CC)C(C)(C)CC(C)(C)C#C. The predicted molar refractivity (Wildman–Crippen MR) is 128 cm³/mol. The molecule has 162 valence electrons. The Hall–Kier alpha value is -2.26. The van der Waals surface area contributed by atoms with Gasteiger partial charge < -0.3 is 15.5 Å². The van der Waals surface area contributed by atoms with Gasteiger partial charge in [0.1, 0.15) is 11.6 Å². The molecule has 0 rings (SSSR count). The average molecular weight is 398 g/mol. The molecule has 0 atom stereocenters. The highest BCUT2D eigenvalue weighted by Gasteiger charge is 2.37. The van der Waals surface area contributed by atoms with Crippen molar-refractivity contribution in [3.8, 4) is 24.7 Å². The van der Waals surface area contributed by atoms with Crippen LogP contribution in [0.25, 0.3) is 0 Å². The minimum atomic E-state index is -0.338. The summed E-state index contributed by atoms with van der Waals surface area (Å²) in [6.45, 7) is 31.6. The molecule has 0 aliphatic rings. The molecule has 0 unspecified atom stereocenters. The van der Waals surface area contributed by atoms with Crippen molar-refractivity contribution >= 4 is 0 Å². The molecule has 0 bridgehead atoms. The summed E-state index contributed by atoms with van der Waals surface area (Å²) in [5.41, 5.74) is -0.201. The molecule has 0 aromatic carbocycles. The van der Waals surface area contributed by atoms with Crippen LogP contribution in [0.4, 0.5) is 0 Å². The molecule has 0 aromatic rings. The number of nitrogens with zero attached hydrogens (tertiary/aromatic N) is 1. The Morgan fingerprint density at radius 3 is 1.69 bits per heavy atom. The average Bonchev–Trinajstić information content (AvgIpc) is 2.51. The van der Waals surface area contributed by atoms with Gasteiger partial charge in [-0.2, -0.15) is 0 Å². The molecule has 0 fully saturated rings. The van der Waals surface area contributed by atoms with Crippen LogP contribution in [-0.4, -0.2) is 16.0 Å². The quantitative estimate of drug-likeness (QED) is 0.396. The van der Waals surface area contributed by atoms with Gasteiger partial charge in [-0.05, 0) is 74.7 Å². The fourth-order valence-corrected chi connectivity index (χ4v) is 4.10. The summed E-state index contributed by atoms with van der Waals surface area (Å²) in [7, 11) is 0. The first kappa shape index (κ1) is 26.7. The third-order valence-corrected chi connectivity index (χ3v) is 4.92. The zero-order valence-electron chi connectivity index (χ0n) is 20.3. The molecule has 0 aliphatic carbocycles. The van der Waals surface area contributed by atoms with Gasteiger partial charge >= 0.3 is 0 Å². The number of allylic oxidation sites excluding steroid dienone is 1. The lowest BCUT2D eigenvalue weighted by Crippen LogP contribution is -2.53. The van der Waals surface area contributed by atoms with Crippen LogP contribution in [0.3, 0.4) is 0 Å². The summed E-state index contributed by atoms with van der Waals surface area (Å²) < 4.78 is 0. The summed E-state index contributed by atoms with van der Waals surface area (Å²) in [4.78, 5) is 2.09. The van der Waals surface area contributed by atoms with E-state index in [1.165, 1.54) is 0 Å². The van der Waals surface area contributed by atoms with Gasteiger partial charge in [-0.25, -0.2) is 0 Å². The molecule has 0 aliphatic heterocycles. The largest absolute Gasteiger partial charge is 0.367 e.